The summed E-state index contributed by atoms with van der Waals surface area (Å²) in [4.78, 5) is 2.56. The molecule has 0 radical (unpaired) electrons. The maximum atomic E-state index is 12.6. The molecule has 5 nitrogen and oxygen atoms in total. The van der Waals surface area contributed by atoms with E-state index >= 15 is 0 Å². The minimum atomic E-state index is -3.35. The van der Waals surface area contributed by atoms with Gasteiger partial charge in [0.2, 0.25) is 10.0 Å². The average molecular weight is 387 g/mol. The van der Waals surface area contributed by atoms with Crippen LogP contribution in [-0.2, 0) is 16.4 Å². The number of benzene rings is 1. The summed E-state index contributed by atoms with van der Waals surface area (Å²) in [6.45, 7) is 2.38. The van der Waals surface area contributed by atoms with Gasteiger partial charge < -0.3 is 5.11 Å². The molecule has 7 heteroatoms. The molecule has 0 aromatic heterocycles. The highest BCUT2D eigenvalue weighted by atomic mass is 35.5. The Hall–Kier alpha value is -0.660. The molecule has 25 heavy (non-hydrogen) atoms. The molecule has 0 spiro atoms. The lowest BCUT2D eigenvalue weighted by molar-refractivity contribution is 0.0219. The highest BCUT2D eigenvalue weighted by Crippen LogP contribution is 2.43. The third-order valence-electron chi connectivity index (χ3n) is 6.03. The second-order valence-electron chi connectivity index (χ2n) is 7.32. The van der Waals surface area contributed by atoms with Crippen LogP contribution in [0, 0.1) is 5.92 Å². The molecule has 0 unspecified atom stereocenters. The maximum Gasteiger partial charge on any atom is 0.216 e. The van der Waals surface area contributed by atoms with Crippen LogP contribution in [-0.4, -0.2) is 60.8 Å². The van der Waals surface area contributed by atoms with E-state index in [9.17, 15) is 8.42 Å². The van der Waals surface area contributed by atoms with Crippen LogP contribution in [0.3, 0.4) is 0 Å². The topological polar surface area (TPSA) is 60.9 Å². The molecule has 4 rings (SSSR count). The first-order valence-electron chi connectivity index (χ1n) is 9.02. The summed E-state index contributed by atoms with van der Waals surface area (Å²) in [5, 5.41) is 9.13. The predicted octanol–water partition coefficient (Wildman–Crippen LogP) is 1.81. The van der Waals surface area contributed by atoms with Crippen molar-refractivity contribution in [3.8, 4) is 0 Å². The number of nitrogens with zero attached hydrogens (tertiary/aromatic N) is 2. The molecule has 3 atom stereocenters. The van der Waals surface area contributed by atoms with Crippen LogP contribution >= 0.6 is 12.4 Å². The molecular weight excluding hydrogens is 360 g/mol. The van der Waals surface area contributed by atoms with Crippen molar-refractivity contribution in [3.05, 3.63) is 35.4 Å². The third-order valence-corrected chi connectivity index (χ3v) is 7.90. The SMILES string of the molecule is Cl.O=S(=O)(CCO)N1CCC[C@@H]2CN3CCc4ccccc4[C@H]3C[C@@H]21. The van der Waals surface area contributed by atoms with E-state index in [2.05, 4.69) is 29.2 Å². The lowest BCUT2D eigenvalue weighted by Gasteiger charge is -2.51. The van der Waals surface area contributed by atoms with Gasteiger partial charge in [-0.05, 0) is 42.7 Å². The molecule has 1 aromatic rings. The summed E-state index contributed by atoms with van der Waals surface area (Å²) in [6, 6.07) is 9.03. The van der Waals surface area contributed by atoms with E-state index in [4.69, 9.17) is 5.11 Å². The Morgan fingerprint density at radius 1 is 1.20 bits per heavy atom. The Morgan fingerprint density at radius 3 is 2.80 bits per heavy atom. The van der Waals surface area contributed by atoms with Crippen LogP contribution in [0.25, 0.3) is 0 Å². The second kappa shape index (κ2) is 7.53. The molecule has 140 valence electrons. The van der Waals surface area contributed by atoms with E-state index in [1.807, 2.05) is 0 Å². The summed E-state index contributed by atoms with van der Waals surface area (Å²) in [5.74, 6) is 0.273. The molecule has 0 bridgehead atoms. The van der Waals surface area contributed by atoms with Gasteiger partial charge in [0.15, 0.2) is 0 Å². The minimum Gasteiger partial charge on any atom is -0.395 e. The first-order valence-corrected chi connectivity index (χ1v) is 10.6. The van der Waals surface area contributed by atoms with Crippen molar-refractivity contribution in [1.29, 1.82) is 0 Å². The zero-order chi connectivity index (χ0) is 16.7. The lowest BCUT2D eigenvalue weighted by Crippen LogP contribution is -2.57. The lowest BCUT2D eigenvalue weighted by atomic mass is 9.77. The fourth-order valence-electron chi connectivity index (χ4n) is 4.93. The quantitative estimate of drug-likeness (QED) is 0.860. The van der Waals surface area contributed by atoms with E-state index in [-0.39, 0.29) is 30.8 Å². The fourth-order valence-corrected chi connectivity index (χ4v) is 6.47. The normalized spacial score (nSPS) is 29.9. The number of hydrogen-bond acceptors (Lipinski definition) is 4. The van der Waals surface area contributed by atoms with E-state index in [1.54, 1.807) is 4.31 Å². The van der Waals surface area contributed by atoms with Crippen molar-refractivity contribution in [3.63, 3.8) is 0 Å². The van der Waals surface area contributed by atoms with E-state index in [0.717, 1.165) is 38.8 Å². The monoisotopic (exact) mass is 386 g/mol. The first kappa shape index (κ1) is 19.1. The smallest absolute Gasteiger partial charge is 0.216 e. The van der Waals surface area contributed by atoms with Gasteiger partial charge in [-0.2, -0.15) is 4.31 Å². The highest BCUT2D eigenvalue weighted by Gasteiger charge is 2.45. The Labute approximate surface area is 156 Å². The van der Waals surface area contributed by atoms with Crippen molar-refractivity contribution >= 4 is 22.4 Å². The zero-order valence-corrected chi connectivity index (χ0v) is 16.0. The van der Waals surface area contributed by atoms with Crippen molar-refractivity contribution in [2.75, 3.05) is 32.0 Å². The van der Waals surface area contributed by atoms with Gasteiger partial charge in [0.1, 0.15) is 0 Å². The molecule has 2 fully saturated rings. The Balaban J connectivity index is 0.00000182. The van der Waals surface area contributed by atoms with Crippen LogP contribution < -0.4 is 0 Å². The van der Waals surface area contributed by atoms with E-state index in [1.165, 1.54) is 11.1 Å². The largest absolute Gasteiger partial charge is 0.395 e. The van der Waals surface area contributed by atoms with Crippen molar-refractivity contribution in [1.82, 2.24) is 9.21 Å². The number of rotatable bonds is 3. The molecule has 3 aliphatic rings. The molecular formula is C18H27ClN2O3S. The number of halogens is 1. The Bertz CT molecular complexity index is 712. The summed E-state index contributed by atoms with van der Waals surface area (Å²) in [6.07, 6.45) is 4.02. The van der Waals surface area contributed by atoms with Crippen LogP contribution in [0.5, 0.6) is 0 Å². The van der Waals surface area contributed by atoms with Gasteiger partial charge in [0.25, 0.3) is 0 Å². The summed E-state index contributed by atoms with van der Waals surface area (Å²) < 4.78 is 26.9. The van der Waals surface area contributed by atoms with Crippen LogP contribution in [0.4, 0.5) is 0 Å². The number of aliphatic hydroxyl groups is 1. The summed E-state index contributed by atoms with van der Waals surface area (Å²) in [7, 11) is -3.35. The van der Waals surface area contributed by atoms with Crippen molar-refractivity contribution < 1.29 is 13.5 Å². The van der Waals surface area contributed by atoms with E-state index < -0.39 is 10.0 Å². The van der Waals surface area contributed by atoms with Crippen molar-refractivity contribution in [2.24, 2.45) is 5.92 Å². The van der Waals surface area contributed by atoms with Crippen molar-refractivity contribution in [2.45, 2.75) is 37.8 Å². The number of sulfonamides is 1. The Morgan fingerprint density at radius 2 is 2.00 bits per heavy atom. The van der Waals surface area contributed by atoms with Gasteiger partial charge in [0.05, 0.1) is 12.4 Å². The molecule has 0 amide bonds. The predicted molar refractivity (Wildman–Crippen MR) is 100 cm³/mol. The standard InChI is InChI=1S/C18H26N2O3S.ClH/c21-10-11-24(22,23)20-8-3-5-15-13-19-9-7-14-4-1-2-6-16(14)18(19)12-17(15)20;/h1-2,4,6,15,17-18,21H,3,5,7-13H2;1H/t15-,17+,18-;/m1./s1. The molecule has 3 aliphatic heterocycles. The van der Waals surface area contributed by atoms with Gasteiger partial charge in [-0.1, -0.05) is 24.3 Å². The molecule has 1 N–H and O–H groups in total. The van der Waals surface area contributed by atoms with Crippen LogP contribution in [0.15, 0.2) is 24.3 Å². The second-order valence-corrected chi connectivity index (χ2v) is 9.36. The third kappa shape index (κ3) is 3.47. The van der Waals surface area contributed by atoms with Gasteiger partial charge in [-0.15, -0.1) is 12.4 Å². The van der Waals surface area contributed by atoms with Gasteiger partial charge in [-0.25, -0.2) is 8.42 Å². The molecule has 3 heterocycles. The van der Waals surface area contributed by atoms with E-state index in [0.29, 0.717) is 18.5 Å². The van der Waals surface area contributed by atoms with Gasteiger partial charge in [0, 0.05) is 31.7 Å². The number of piperidine rings is 2. The van der Waals surface area contributed by atoms with Gasteiger partial charge >= 0.3 is 0 Å². The maximum absolute atomic E-state index is 12.6. The number of aliphatic hydroxyl groups excluding tert-OH is 1. The number of hydrogen-bond donors (Lipinski definition) is 1. The summed E-state index contributed by atoms with van der Waals surface area (Å²) >= 11 is 0. The molecule has 0 aliphatic carbocycles. The minimum absolute atomic E-state index is 0. The number of fused-ring (bicyclic) bond motifs is 4. The Kier molecular flexibility index (Phi) is 5.75. The molecule has 2 saturated heterocycles. The van der Waals surface area contributed by atoms with Crippen LogP contribution in [0.2, 0.25) is 0 Å². The first-order chi connectivity index (χ1) is 11.6. The van der Waals surface area contributed by atoms with Crippen LogP contribution in [0.1, 0.15) is 36.4 Å². The summed E-state index contributed by atoms with van der Waals surface area (Å²) in [5.41, 5.74) is 2.80. The van der Waals surface area contributed by atoms with Gasteiger partial charge in [-0.3, -0.25) is 4.90 Å². The fraction of sp³-hybridized carbons (Fsp3) is 0.667. The highest BCUT2D eigenvalue weighted by molar-refractivity contribution is 7.89. The molecule has 1 aromatic carbocycles. The molecule has 0 saturated carbocycles. The zero-order valence-electron chi connectivity index (χ0n) is 14.4. The average Bonchev–Trinajstić information content (AvgIpc) is 2.59.